The highest BCUT2D eigenvalue weighted by Gasteiger charge is 2.45. The molecule has 2 rings (SSSR count). The van der Waals surface area contributed by atoms with E-state index in [4.69, 9.17) is 4.74 Å². The van der Waals surface area contributed by atoms with Crippen LogP contribution in [0, 0.1) is 17.2 Å². The normalized spacial score (nSPS) is 17.1. The second kappa shape index (κ2) is 6.15. The second-order valence-corrected chi connectivity index (χ2v) is 5.44. The maximum absolute atomic E-state index is 9.64. The Labute approximate surface area is 121 Å². The van der Waals surface area contributed by atoms with Crippen LogP contribution in [0.3, 0.4) is 0 Å². The molecule has 1 aromatic carbocycles. The first-order chi connectivity index (χ1) is 9.65. The number of ether oxygens (including phenoxy) is 1. The Morgan fingerprint density at radius 3 is 2.50 bits per heavy atom. The van der Waals surface area contributed by atoms with Crippen LogP contribution in [0.25, 0.3) is 0 Å². The van der Waals surface area contributed by atoms with Gasteiger partial charge in [0.1, 0.15) is 11.3 Å². The Morgan fingerprint density at radius 2 is 2.05 bits per heavy atom. The third kappa shape index (κ3) is 3.05. The van der Waals surface area contributed by atoms with Gasteiger partial charge in [-0.3, -0.25) is 5.32 Å². The smallest absolute Gasteiger partial charge is 0.127 e. The van der Waals surface area contributed by atoms with E-state index in [-0.39, 0.29) is 0 Å². The first kappa shape index (κ1) is 14.7. The summed E-state index contributed by atoms with van der Waals surface area (Å²) < 4.78 is 5.17. The molecule has 0 radical (unpaired) electrons. The molecule has 0 saturated heterocycles. The Kier molecular flexibility index (Phi) is 4.51. The molecule has 108 valence electrons. The van der Waals surface area contributed by atoms with Crippen molar-refractivity contribution < 1.29 is 4.74 Å². The molecule has 1 fully saturated rings. The molecule has 4 heteroatoms. The molecule has 4 nitrogen and oxygen atoms in total. The molecule has 1 atom stereocenters. The fraction of sp³-hybridized carbons (Fsp3) is 0.562. The lowest BCUT2D eigenvalue weighted by molar-refractivity contribution is 0.377. The lowest BCUT2D eigenvalue weighted by atomic mass is 9.94. The van der Waals surface area contributed by atoms with E-state index >= 15 is 0 Å². The number of nitrogens with one attached hydrogen (secondary N) is 1. The van der Waals surface area contributed by atoms with E-state index in [0.717, 1.165) is 30.8 Å². The molecule has 1 N–H and O–H groups in total. The van der Waals surface area contributed by atoms with Crippen LogP contribution in [0.15, 0.2) is 24.3 Å². The van der Waals surface area contributed by atoms with E-state index in [0.29, 0.717) is 12.5 Å². The van der Waals surface area contributed by atoms with Crippen LogP contribution in [0.5, 0.6) is 5.75 Å². The van der Waals surface area contributed by atoms with Gasteiger partial charge in [-0.2, -0.15) is 5.26 Å². The van der Waals surface area contributed by atoms with E-state index in [1.54, 1.807) is 7.11 Å². The molecule has 0 heterocycles. The number of benzene rings is 1. The maximum atomic E-state index is 9.64. The van der Waals surface area contributed by atoms with Gasteiger partial charge >= 0.3 is 0 Å². The number of nitrogens with zero attached hydrogens (tertiary/aromatic N) is 2. The van der Waals surface area contributed by atoms with Gasteiger partial charge in [-0.15, -0.1) is 0 Å². The van der Waals surface area contributed by atoms with Gasteiger partial charge in [-0.05, 0) is 49.6 Å². The number of nitriles is 1. The minimum absolute atomic E-state index is 0.427. The van der Waals surface area contributed by atoms with Crippen molar-refractivity contribution in [3.8, 4) is 11.8 Å². The van der Waals surface area contributed by atoms with Gasteiger partial charge in [0.15, 0.2) is 0 Å². The van der Waals surface area contributed by atoms with Crippen molar-refractivity contribution in [2.45, 2.75) is 25.3 Å². The number of rotatable bonds is 7. The number of hydrogen-bond acceptors (Lipinski definition) is 4. The minimum atomic E-state index is -0.427. The quantitative estimate of drug-likeness (QED) is 0.829. The van der Waals surface area contributed by atoms with Gasteiger partial charge in [0.2, 0.25) is 0 Å². The topological polar surface area (TPSA) is 48.3 Å². The highest BCUT2D eigenvalue weighted by molar-refractivity contribution is 5.49. The summed E-state index contributed by atoms with van der Waals surface area (Å²) in [5.74, 6) is 1.33. The van der Waals surface area contributed by atoms with Crippen LogP contribution in [0.1, 0.15) is 19.8 Å². The number of likely N-dealkylation sites (N-methyl/N-ethyl adjacent to an activating group) is 2. The first-order valence-electron chi connectivity index (χ1n) is 7.16. The monoisotopic (exact) mass is 273 g/mol. The van der Waals surface area contributed by atoms with Gasteiger partial charge in [0.05, 0.1) is 13.2 Å². The summed E-state index contributed by atoms with van der Waals surface area (Å²) >= 11 is 0. The van der Waals surface area contributed by atoms with Gasteiger partial charge in [-0.25, -0.2) is 0 Å². The highest BCUT2D eigenvalue weighted by atomic mass is 16.5. The van der Waals surface area contributed by atoms with Gasteiger partial charge in [0, 0.05) is 19.3 Å². The molecule has 0 bridgehead atoms. The molecule has 1 aliphatic carbocycles. The summed E-state index contributed by atoms with van der Waals surface area (Å²) in [7, 11) is 3.70. The van der Waals surface area contributed by atoms with Crippen LogP contribution < -0.4 is 15.0 Å². The summed E-state index contributed by atoms with van der Waals surface area (Å²) in [6, 6.07) is 10.5. The third-order valence-electron chi connectivity index (χ3n) is 3.97. The van der Waals surface area contributed by atoms with Crippen LogP contribution in [-0.2, 0) is 0 Å². The van der Waals surface area contributed by atoms with Gasteiger partial charge in [0.25, 0.3) is 0 Å². The van der Waals surface area contributed by atoms with Crippen molar-refractivity contribution in [3.63, 3.8) is 0 Å². The molecular weight excluding hydrogens is 250 g/mol. The highest BCUT2D eigenvalue weighted by Crippen LogP contribution is 2.40. The summed E-state index contributed by atoms with van der Waals surface area (Å²) in [6.07, 6.45) is 2.30. The SMILES string of the molecule is CCNC(C#N)(CN(C)c1ccc(OC)cc1)C1CC1. The predicted molar refractivity (Wildman–Crippen MR) is 81.0 cm³/mol. The van der Waals surface area contributed by atoms with Crippen molar-refractivity contribution in [1.82, 2.24) is 5.32 Å². The lowest BCUT2D eigenvalue weighted by Gasteiger charge is -2.33. The van der Waals surface area contributed by atoms with E-state index < -0.39 is 5.54 Å². The van der Waals surface area contributed by atoms with Gasteiger partial charge < -0.3 is 9.64 Å². The average molecular weight is 273 g/mol. The van der Waals surface area contributed by atoms with Gasteiger partial charge in [-0.1, -0.05) is 6.92 Å². The molecule has 1 aromatic rings. The molecule has 20 heavy (non-hydrogen) atoms. The van der Waals surface area contributed by atoms with Crippen LogP contribution in [0.4, 0.5) is 5.69 Å². The van der Waals surface area contributed by atoms with E-state index in [1.807, 2.05) is 31.3 Å². The number of methoxy groups -OCH3 is 1. The van der Waals surface area contributed by atoms with Crippen molar-refractivity contribution in [3.05, 3.63) is 24.3 Å². The Hall–Kier alpha value is -1.73. The van der Waals surface area contributed by atoms with Crippen molar-refractivity contribution in [2.75, 3.05) is 32.1 Å². The fourth-order valence-electron chi connectivity index (χ4n) is 2.69. The number of hydrogen-bond donors (Lipinski definition) is 1. The zero-order valence-corrected chi connectivity index (χ0v) is 12.5. The first-order valence-corrected chi connectivity index (χ1v) is 7.16. The molecule has 0 spiro atoms. The summed E-state index contributed by atoms with van der Waals surface area (Å²) in [5.41, 5.74) is 0.674. The lowest BCUT2D eigenvalue weighted by Crippen LogP contribution is -2.53. The summed E-state index contributed by atoms with van der Waals surface area (Å²) in [4.78, 5) is 2.14. The minimum Gasteiger partial charge on any atom is -0.497 e. The van der Waals surface area contributed by atoms with E-state index in [9.17, 15) is 5.26 Å². The molecular formula is C16H23N3O. The molecule has 1 aliphatic rings. The standard InChI is InChI=1S/C16H23N3O/c1-4-18-16(11-17,13-5-6-13)12-19(2)14-7-9-15(20-3)10-8-14/h7-10,13,18H,4-6,12H2,1-3H3. The van der Waals surface area contributed by atoms with E-state index in [2.05, 4.69) is 23.2 Å². The summed E-state index contributed by atoms with van der Waals surface area (Å²) in [6.45, 7) is 3.58. The summed E-state index contributed by atoms with van der Waals surface area (Å²) in [5, 5.41) is 13.0. The molecule has 0 aliphatic heterocycles. The van der Waals surface area contributed by atoms with Crippen molar-refractivity contribution in [1.29, 1.82) is 5.26 Å². The van der Waals surface area contributed by atoms with Crippen molar-refractivity contribution in [2.24, 2.45) is 5.92 Å². The number of anilines is 1. The Morgan fingerprint density at radius 1 is 1.40 bits per heavy atom. The van der Waals surface area contributed by atoms with E-state index in [1.165, 1.54) is 0 Å². The molecule has 0 aromatic heterocycles. The van der Waals surface area contributed by atoms with Crippen LogP contribution in [0.2, 0.25) is 0 Å². The molecule has 1 saturated carbocycles. The third-order valence-corrected chi connectivity index (χ3v) is 3.97. The van der Waals surface area contributed by atoms with Crippen molar-refractivity contribution >= 4 is 5.69 Å². The van der Waals surface area contributed by atoms with Crippen LogP contribution in [-0.4, -0.2) is 32.8 Å². The fourth-order valence-corrected chi connectivity index (χ4v) is 2.69. The molecule has 1 unspecified atom stereocenters. The predicted octanol–water partition coefficient (Wildman–Crippen LogP) is 2.41. The largest absolute Gasteiger partial charge is 0.497 e. The molecule has 0 amide bonds. The van der Waals surface area contributed by atoms with Crippen LogP contribution >= 0.6 is 0 Å². The zero-order valence-electron chi connectivity index (χ0n) is 12.5. The Balaban J connectivity index is 2.11. The maximum Gasteiger partial charge on any atom is 0.127 e. The second-order valence-electron chi connectivity index (χ2n) is 5.44. The average Bonchev–Trinajstić information content (AvgIpc) is 3.31. The Bertz CT molecular complexity index is 475. The zero-order chi connectivity index (χ0) is 14.6.